The Balaban J connectivity index is 1.96. The number of esters is 1. The van der Waals surface area contributed by atoms with Crippen molar-refractivity contribution in [2.75, 3.05) is 18.1 Å². The maximum absolute atomic E-state index is 12.9. The summed E-state index contributed by atoms with van der Waals surface area (Å²) in [6.07, 6.45) is 0. The van der Waals surface area contributed by atoms with Crippen molar-refractivity contribution in [1.29, 1.82) is 0 Å². The summed E-state index contributed by atoms with van der Waals surface area (Å²) in [7, 11) is 0. The van der Waals surface area contributed by atoms with Crippen LogP contribution >= 0.6 is 0 Å². The third kappa shape index (κ3) is 3.05. The summed E-state index contributed by atoms with van der Waals surface area (Å²) < 4.78 is 10.3. The fourth-order valence-corrected chi connectivity index (χ4v) is 3.16. The average Bonchev–Trinajstić information content (AvgIpc) is 3.14. The van der Waals surface area contributed by atoms with Gasteiger partial charge in [0.2, 0.25) is 11.8 Å². The van der Waals surface area contributed by atoms with E-state index in [-0.39, 0.29) is 12.3 Å². The summed E-state index contributed by atoms with van der Waals surface area (Å²) in [5, 5.41) is 4.78. The number of benzene rings is 1. The Morgan fingerprint density at radius 3 is 2.30 bits per heavy atom. The van der Waals surface area contributed by atoms with Gasteiger partial charge in [0.05, 0.1) is 18.9 Å². The molecule has 0 N–H and O–H groups in total. The minimum Gasteiger partial charge on any atom is -0.494 e. The maximum Gasteiger partial charge on any atom is 0.355 e. The number of anilines is 1. The van der Waals surface area contributed by atoms with Crippen LogP contribution in [0, 0.1) is 5.92 Å². The largest absolute Gasteiger partial charge is 0.494 e. The molecule has 0 aliphatic carbocycles. The molecule has 2 atom stereocenters. The van der Waals surface area contributed by atoms with Gasteiger partial charge in [0.15, 0.2) is 11.8 Å². The minimum atomic E-state index is -1.18. The van der Waals surface area contributed by atoms with Crippen molar-refractivity contribution < 1.29 is 28.7 Å². The first-order chi connectivity index (χ1) is 12.9. The zero-order valence-corrected chi connectivity index (χ0v) is 15.2. The zero-order valence-electron chi connectivity index (χ0n) is 15.2. The van der Waals surface area contributed by atoms with Gasteiger partial charge in [0.1, 0.15) is 11.7 Å². The van der Waals surface area contributed by atoms with E-state index in [1.165, 1.54) is 6.92 Å². The van der Waals surface area contributed by atoms with Gasteiger partial charge in [-0.25, -0.2) is 14.7 Å². The summed E-state index contributed by atoms with van der Waals surface area (Å²) in [5.74, 6) is -3.17. The lowest BCUT2D eigenvalue weighted by atomic mass is 9.98. The van der Waals surface area contributed by atoms with E-state index in [9.17, 15) is 19.2 Å². The first kappa shape index (κ1) is 18.6. The summed E-state index contributed by atoms with van der Waals surface area (Å²) in [6.45, 7) is 5.24. The van der Waals surface area contributed by atoms with Crippen molar-refractivity contribution in [3.8, 4) is 5.75 Å². The van der Waals surface area contributed by atoms with Crippen molar-refractivity contribution in [3.05, 3.63) is 24.3 Å². The molecule has 142 valence electrons. The molecule has 9 nitrogen and oxygen atoms in total. The molecular formula is C18H19N3O6. The molecule has 2 aliphatic heterocycles. The summed E-state index contributed by atoms with van der Waals surface area (Å²) in [6, 6.07) is 5.23. The van der Waals surface area contributed by atoms with Gasteiger partial charge in [-0.05, 0) is 38.1 Å². The normalized spacial score (nSPS) is 21.2. The molecule has 0 aromatic heterocycles. The van der Waals surface area contributed by atoms with Gasteiger partial charge in [-0.15, -0.1) is 0 Å². The quantitative estimate of drug-likeness (QED) is 0.556. The van der Waals surface area contributed by atoms with Crippen molar-refractivity contribution in [2.45, 2.75) is 26.8 Å². The highest BCUT2D eigenvalue weighted by atomic mass is 16.5. The van der Waals surface area contributed by atoms with Crippen molar-refractivity contribution in [2.24, 2.45) is 11.0 Å². The van der Waals surface area contributed by atoms with Crippen molar-refractivity contribution in [3.63, 3.8) is 0 Å². The Bertz CT molecular complexity index is 832. The van der Waals surface area contributed by atoms with Crippen LogP contribution in [-0.4, -0.2) is 53.7 Å². The topological polar surface area (TPSA) is 106 Å². The molecule has 0 spiro atoms. The van der Waals surface area contributed by atoms with Crippen LogP contribution in [0.5, 0.6) is 5.75 Å². The van der Waals surface area contributed by atoms with E-state index in [0.717, 1.165) is 9.91 Å². The Morgan fingerprint density at radius 1 is 1.07 bits per heavy atom. The smallest absolute Gasteiger partial charge is 0.355 e. The molecule has 2 heterocycles. The molecule has 3 amide bonds. The highest BCUT2D eigenvalue weighted by Crippen LogP contribution is 2.36. The molecule has 0 bridgehead atoms. The van der Waals surface area contributed by atoms with E-state index >= 15 is 0 Å². The Labute approximate surface area is 155 Å². The number of ether oxygens (including phenoxy) is 2. The molecule has 1 aromatic rings. The van der Waals surface area contributed by atoms with Crippen LogP contribution in [0.1, 0.15) is 20.8 Å². The minimum absolute atomic E-state index is 0.0834. The highest BCUT2D eigenvalue weighted by molar-refractivity contribution is 6.47. The molecule has 1 fully saturated rings. The molecule has 0 saturated carbocycles. The Hall–Kier alpha value is -3.23. The lowest BCUT2D eigenvalue weighted by Gasteiger charge is -2.19. The summed E-state index contributed by atoms with van der Waals surface area (Å²) >= 11 is 0. The third-order valence-electron chi connectivity index (χ3n) is 4.26. The number of hydrogen-bond acceptors (Lipinski definition) is 7. The molecular weight excluding hydrogens is 354 g/mol. The van der Waals surface area contributed by atoms with E-state index in [1.54, 1.807) is 31.2 Å². The second kappa shape index (κ2) is 7.18. The lowest BCUT2D eigenvalue weighted by molar-refractivity contribution is -0.136. The van der Waals surface area contributed by atoms with Gasteiger partial charge < -0.3 is 9.47 Å². The molecule has 27 heavy (non-hydrogen) atoms. The number of carbonyl (C=O) groups excluding carboxylic acids is 4. The zero-order chi connectivity index (χ0) is 19.7. The number of hydrazone groups is 1. The second-order valence-corrected chi connectivity index (χ2v) is 5.93. The number of hydrogen-bond donors (Lipinski definition) is 0. The van der Waals surface area contributed by atoms with Crippen LogP contribution in [0.15, 0.2) is 29.4 Å². The van der Waals surface area contributed by atoms with Gasteiger partial charge in [0.25, 0.3) is 5.91 Å². The van der Waals surface area contributed by atoms with E-state index < -0.39 is 35.7 Å². The number of rotatable bonds is 5. The van der Waals surface area contributed by atoms with E-state index in [4.69, 9.17) is 9.47 Å². The van der Waals surface area contributed by atoms with Crippen molar-refractivity contribution >= 4 is 35.1 Å². The second-order valence-electron chi connectivity index (χ2n) is 5.93. The Kier molecular flexibility index (Phi) is 4.93. The molecule has 2 aliphatic rings. The molecule has 1 saturated heterocycles. The van der Waals surface area contributed by atoms with Crippen LogP contribution < -0.4 is 9.64 Å². The fraction of sp³-hybridized carbons (Fsp3) is 0.389. The first-order valence-corrected chi connectivity index (χ1v) is 8.56. The highest BCUT2D eigenvalue weighted by Gasteiger charge is 2.59. The van der Waals surface area contributed by atoms with Crippen molar-refractivity contribution in [1.82, 2.24) is 5.01 Å². The van der Waals surface area contributed by atoms with Gasteiger partial charge in [-0.2, -0.15) is 5.10 Å². The molecule has 0 unspecified atom stereocenters. The van der Waals surface area contributed by atoms with Gasteiger partial charge in [0, 0.05) is 6.92 Å². The van der Waals surface area contributed by atoms with Crippen LogP contribution in [0.4, 0.5) is 5.69 Å². The fourth-order valence-electron chi connectivity index (χ4n) is 3.16. The monoisotopic (exact) mass is 373 g/mol. The number of imide groups is 1. The first-order valence-electron chi connectivity index (χ1n) is 8.56. The van der Waals surface area contributed by atoms with Gasteiger partial charge in [-0.1, -0.05) is 0 Å². The van der Waals surface area contributed by atoms with E-state index in [2.05, 4.69) is 5.10 Å². The number of carbonyl (C=O) groups is 4. The predicted octanol–water partition coefficient (Wildman–Crippen LogP) is 0.724. The average molecular weight is 373 g/mol. The van der Waals surface area contributed by atoms with Crippen LogP contribution in [0.25, 0.3) is 0 Å². The van der Waals surface area contributed by atoms with Gasteiger partial charge >= 0.3 is 5.97 Å². The summed E-state index contributed by atoms with van der Waals surface area (Å²) in [4.78, 5) is 50.9. The van der Waals surface area contributed by atoms with Gasteiger partial charge in [-0.3, -0.25) is 14.4 Å². The number of fused-ring (bicyclic) bond motifs is 1. The standard InChI is InChI=1S/C18H19N3O6/c1-4-26-12-8-6-11(7-9-12)20-16(23)13-14(18(25)27-5-2)19-21(10(3)22)15(13)17(20)24/h6-9,13,15H,4-5H2,1-3H3/t13-,15-/m1/s1. The lowest BCUT2D eigenvalue weighted by Crippen LogP contribution is -2.41. The molecule has 0 radical (unpaired) electrons. The van der Waals surface area contributed by atoms with E-state index in [1.807, 2.05) is 6.92 Å². The number of nitrogens with zero attached hydrogens (tertiary/aromatic N) is 3. The Morgan fingerprint density at radius 2 is 1.74 bits per heavy atom. The van der Waals surface area contributed by atoms with E-state index in [0.29, 0.717) is 18.0 Å². The molecule has 3 rings (SSSR count). The molecule has 9 heteroatoms. The maximum atomic E-state index is 12.9. The van der Waals surface area contributed by atoms with Crippen LogP contribution in [-0.2, 0) is 23.9 Å². The number of amides is 3. The van der Waals surface area contributed by atoms with Crippen LogP contribution in [0.2, 0.25) is 0 Å². The van der Waals surface area contributed by atoms with Crippen LogP contribution in [0.3, 0.4) is 0 Å². The molecule has 1 aromatic carbocycles. The third-order valence-corrected chi connectivity index (χ3v) is 4.26. The SMILES string of the molecule is CCOC(=O)C1=NN(C(C)=O)[C@H]2C(=O)N(c3ccc(OCC)cc3)C(=O)[C@H]12. The summed E-state index contributed by atoms with van der Waals surface area (Å²) in [5.41, 5.74) is 0.0957. The predicted molar refractivity (Wildman–Crippen MR) is 94.0 cm³/mol.